The number of anilines is 2. The van der Waals surface area contributed by atoms with Gasteiger partial charge in [0.15, 0.2) is 0 Å². The third kappa shape index (κ3) is 2.06. The van der Waals surface area contributed by atoms with Crippen LogP contribution in [0.2, 0.25) is 5.02 Å². The first-order valence-electron chi connectivity index (χ1n) is 5.04. The number of carbonyl (C=O) groups excluding carboxylic acids is 1. The second-order valence-electron chi connectivity index (χ2n) is 3.85. The van der Waals surface area contributed by atoms with Crippen LogP contribution in [0.1, 0.15) is 6.42 Å². The fourth-order valence-corrected chi connectivity index (χ4v) is 2.23. The topological polar surface area (TPSA) is 69.6 Å². The van der Waals surface area contributed by atoms with Crippen LogP contribution in [0.3, 0.4) is 0 Å². The van der Waals surface area contributed by atoms with E-state index in [4.69, 9.17) is 16.7 Å². The van der Waals surface area contributed by atoms with Gasteiger partial charge >= 0.3 is 5.97 Å². The minimum atomic E-state index is -1.02. The number of carboxylic acids is 1. The van der Waals surface area contributed by atoms with Crippen molar-refractivity contribution in [1.29, 1.82) is 0 Å². The standard InChI is InChI=1S/C11H11ClN2O3/c1-14-8(5-9(15)16)11(17)13-7-4-2-3-6(12)10(7)14/h2-4,8H,5H2,1H3,(H,13,17)(H,15,16). The number of rotatable bonds is 2. The van der Waals surface area contributed by atoms with Crippen molar-refractivity contribution < 1.29 is 14.7 Å². The average Bonchev–Trinajstić information content (AvgIpc) is 2.23. The first-order chi connectivity index (χ1) is 8.00. The molecule has 2 rings (SSSR count). The lowest BCUT2D eigenvalue weighted by atomic mass is 10.1. The van der Waals surface area contributed by atoms with E-state index >= 15 is 0 Å². The van der Waals surface area contributed by atoms with E-state index in [1.165, 1.54) is 0 Å². The Morgan fingerprint density at radius 2 is 2.29 bits per heavy atom. The van der Waals surface area contributed by atoms with Crippen LogP contribution in [0.5, 0.6) is 0 Å². The number of carboxylic acid groups (broad SMARTS) is 1. The molecular formula is C11H11ClN2O3. The molecule has 0 radical (unpaired) electrons. The monoisotopic (exact) mass is 254 g/mol. The number of amides is 1. The highest BCUT2D eigenvalue weighted by atomic mass is 35.5. The largest absolute Gasteiger partial charge is 0.481 e. The molecule has 1 aromatic rings. The Hall–Kier alpha value is -1.75. The summed E-state index contributed by atoms with van der Waals surface area (Å²) in [5.74, 6) is -1.35. The van der Waals surface area contributed by atoms with Crippen molar-refractivity contribution in [2.24, 2.45) is 0 Å². The lowest BCUT2D eigenvalue weighted by Crippen LogP contribution is -2.47. The highest BCUT2D eigenvalue weighted by Crippen LogP contribution is 2.37. The van der Waals surface area contributed by atoms with Crippen LogP contribution >= 0.6 is 11.6 Å². The van der Waals surface area contributed by atoms with Crippen LogP contribution < -0.4 is 10.2 Å². The molecule has 0 aromatic heterocycles. The summed E-state index contributed by atoms with van der Waals surface area (Å²) in [6.45, 7) is 0. The molecular weight excluding hydrogens is 244 g/mol. The molecule has 0 bridgehead atoms. The molecule has 2 N–H and O–H groups in total. The first-order valence-corrected chi connectivity index (χ1v) is 5.42. The summed E-state index contributed by atoms with van der Waals surface area (Å²) < 4.78 is 0. The third-order valence-corrected chi connectivity index (χ3v) is 3.04. The molecule has 1 unspecified atom stereocenters. The maximum absolute atomic E-state index is 11.8. The number of likely N-dealkylation sites (N-methyl/N-ethyl adjacent to an activating group) is 1. The number of carbonyl (C=O) groups is 2. The summed E-state index contributed by atoms with van der Waals surface area (Å²) in [5.41, 5.74) is 1.26. The number of benzene rings is 1. The van der Waals surface area contributed by atoms with Gasteiger partial charge in [0.25, 0.3) is 0 Å². The van der Waals surface area contributed by atoms with E-state index in [-0.39, 0.29) is 12.3 Å². The molecule has 0 aliphatic carbocycles. The second kappa shape index (κ2) is 4.25. The zero-order valence-corrected chi connectivity index (χ0v) is 9.86. The van der Waals surface area contributed by atoms with E-state index in [0.29, 0.717) is 16.4 Å². The summed E-state index contributed by atoms with van der Waals surface area (Å²) in [7, 11) is 1.66. The van der Waals surface area contributed by atoms with Gasteiger partial charge in [-0.3, -0.25) is 9.59 Å². The van der Waals surface area contributed by atoms with Crippen molar-refractivity contribution in [2.45, 2.75) is 12.5 Å². The molecule has 0 spiro atoms. The predicted molar refractivity (Wildman–Crippen MR) is 64.5 cm³/mol. The summed E-state index contributed by atoms with van der Waals surface area (Å²) in [6, 6.07) is 4.42. The quantitative estimate of drug-likeness (QED) is 0.841. The van der Waals surface area contributed by atoms with Crippen molar-refractivity contribution >= 4 is 34.9 Å². The van der Waals surface area contributed by atoms with Gasteiger partial charge < -0.3 is 15.3 Å². The third-order valence-electron chi connectivity index (χ3n) is 2.74. The maximum atomic E-state index is 11.8. The number of aliphatic carboxylic acids is 1. The number of nitrogens with zero attached hydrogens (tertiary/aromatic N) is 1. The van der Waals surface area contributed by atoms with Gasteiger partial charge in [0.1, 0.15) is 6.04 Å². The summed E-state index contributed by atoms with van der Waals surface area (Å²) in [5, 5.41) is 11.9. The van der Waals surface area contributed by atoms with Gasteiger partial charge in [0.05, 0.1) is 22.8 Å². The van der Waals surface area contributed by atoms with Gasteiger partial charge in [0.2, 0.25) is 5.91 Å². The van der Waals surface area contributed by atoms with Gasteiger partial charge in [-0.1, -0.05) is 17.7 Å². The van der Waals surface area contributed by atoms with Crippen LogP contribution in [0.15, 0.2) is 18.2 Å². The average molecular weight is 255 g/mol. The van der Waals surface area contributed by atoms with Gasteiger partial charge in [-0.15, -0.1) is 0 Å². The summed E-state index contributed by atoms with van der Waals surface area (Å²) >= 11 is 6.05. The zero-order valence-electron chi connectivity index (χ0n) is 9.11. The van der Waals surface area contributed by atoms with E-state index in [2.05, 4.69) is 5.32 Å². The zero-order chi connectivity index (χ0) is 12.6. The van der Waals surface area contributed by atoms with Crippen molar-refractivity contribution in [3.05, 3.63) is 23.2 Å². The van der Waals surface area contributed by atoms with Crippen LogP contribution in [0, 0.1) is 0 Å². The number of nitrogens with one attached hydrogen (secondary N) is 1. The van der Waals surface area contributed by atoms with Crippen molar-refractivity contribution in [1.82, 2.24) is 0 Å². The van der Waals surface area contributed by atoms with Crippen LogP contribution in [0.25, 0.3) is 0 Å². The molecule has 1 aliphatic rings. The molecule has 0 saturated heterocycles. The lowest BCUT2D eigenvalue weighted by molar-refractivity contribution is -0.138. The van der Waals surface area contributed by atoms with Crippen molar-refractivity contribution in [2.75, 3.05) is 17.3 Å². The van der Waals surface area contributed by atoms with Gasteiger partial charge in [-0.05, 0) is 12.1 Å². The smallest absolute Gasteiger partial charge is 0.305 e. The molecule has 5 nitrogen and oxygen atoms in total. The molecule has 17 heavy (non-hydrogen) atoms. The number of fused-ring (bicyclic) bond motifs is 1. The minimum Gasteiger partial charge on any atom is -0.481 e. The minimum absolute atomic E-state index is 0.257. The first kappa shape index (κ1) is 11.7. The number of hydrogen-bond acceptors (Lipinski definition) is 3. The Morgan fingerprint density at radius 1 is 1.59 bits per heavy atom. The molecule has 6 heteroatoms. The summed E-state index contributed by atoms with van der Waals surface area (Å²) in [4.78, 5) is 24.1. The number of halogens is 1. The molecule has 1 atom stereocenters. The Kier molecular flexibility index (Phi) is 2.93. The fraction of sp³-hybridized carbons (Fsp3) is 0.273. The van der Waals surface area contributed by atoms with Crippen molar-refractivity contribution in [3.63, 3.8) is 0 Å². The van der Waals surface area contributed by atoms with Gasteiger partial charge in [-0.25, -0.2) is 0 Å². The Balaban J connectivity index is 2.41. The molecule has 1 aromatic carbocycles. The second-order valence-corrected chi connectivity index (χ2v) is 4.26. The van der Waals surface area contributed by atoms with Gasteiger partial charge in [0, 0.05) is 7.05 Å². The van der Waals surface area contributed by atoms with E-state index in [1.54, 1.807) is 30.1 Å². The fourth-order valence-electron chi connectivity index (χ4n) is 1.92. The highest BCUT2D eigenvalue weighted by molar-refractivity contribution is 6.34. The van der Waals surface area contributed by atoms with E-state index < -0.39 is 12.0 Å². The van der Waals surface area contributed by atoms with Gasteiger partial charge in [-0.2, -0.15) is 0 Å². The van der Waals surface area contributed by atoms with Crippen molar-refractivity contribution in [3.8, 4) is 0 Å². The molecule has 1 aliphatic heterocycles. The van der Waals surface area contributed by atoms with Crippen LogP contribution in [-0.4, -0.2) is 30.1 Å². The Bertz CT molecular complexity index is 490. The molecule has 1 amide bonds. The lowest BCUT2D eigenvalue weighted by Gasteiger charge is -2.35. The van der Waals surface area contributed by atoms with E-state index in [1.807, 2.05) is 0 Å². The van der Waals surface area contributed by atoms with Crippen LogP contribution in [0.4, 0.5) is 11.4 Å². The molecule has 0 fully saturated rings. The maximum Gasteiger partial charge on any atom is 0.305 e. The Morgan fingerprint density at radius 3 is 2.94 bits per heavy atom. The summed E-state index contributed by atoms with van der Waals surface area (Å²) in [6.07, 6.45) is -0.257. The molecule has 90 valence electrons. The number of para-hydroxylation sites is 1. The van der Waals surface area contributed by atoms with E-state index in [0.717, 1.165) is 0 Å². The normalized spacial score (nSPS) is 18.6. The Labute approximate surface area is 103 Å². The van der Waals surface area contributed by atoms with Crippen LogP contribution in [-0.2, 0) is 9.59 Å². The number of hydrogen-bond donors (Lipinski definition) is 2. The molecule has 1 heterocycles. The predicted octanol–water partition coefficient (Wildman–Crippen LogP) is 1.57. The van der Waals surface area contributed by atoms with E-state index in [9.17, 15) is 9.59 Å². The SMILES string of the molecule is CN1c2c(Cl)cccc2NC(=O)C1CC(=O)O. The molecule has 0 saturated carbocycles. The highest BCUT2D eigenvalue weighted by Gasteiger charge is 2.33.